The van der Waals surface area contributed by atoms with Gasteiger partial charge in [0, 0.05) is 26.4 Å². The minimum Gasteiger partial charge on any atom is -0.479 e. The molecule has 29 heavy (non-hydrogen) atoms. The Morgan fingerprint density at radius 1 is 0.690 bits per heavy atom. The Bertz CT molecular complexity index is 418. The van der Waals surface area contributed by atoms with E-state index in [1.54, 1.807) is 0 Å². The van der Waals surface area contributed by atoms with E-state index in [2.05, 4.69) is 27.7 Å². The van der Waals surface area contributed by atoms with Crippen LogP contribution in [0.25, 0.3) is 0 Å². The van der Waals surface area contributed by atoms with Gasteiger partial charge in [-0.1, -0.05) is 53.4 Å². The molecule has 1 aliphatic rings. The summed E-state index contributed by atoms with van der Waals surface area (Å²) in [5.74, 6) is -1.06. The van der Waals surface area contributed by atoms with Gasteiger partial charge in [-0.2, -0.15) is 0 Å². The third-order valence-corrected chi connectivity index (χ3v) is 4.94. The monoisotopic (exact) mass is 418 g/mol. The first kappa shape index (κ1) is 26.3. The Morgan fingerprint density at radius 2 is 1.10 bits per heavy atom. The summed E-state index contributed by atoms with van der Waals surface area (Å²) in [7, 11) is 0. The van der Waals surface area contributed by atoms with E-state index in [1.165, 1.54) is 0 Å². The first-order chi connectivity index (χ1) is 14.1. The number of carbonyl (C=O) groups is 1. The van der Waals surface area contributed by atoms with E-state index in [1.807, 2.05) is 0 Å². The standard InChI is InChI=1S/C22H42O7/c1-5-9-13-25-17-18(26-14-10-6-2)20(27-15-11-7-3)22(28-16-12-8-4)29-19(17)21(23)24/h17-20,22H,5-16H2,1-4H3,(H,23,24)/t17-,18?,19?,20?,22+/m0/s1. The van der Waals surface area contributed by atoms with E-state index in [4.69, 9.17) is 23.7 Å². The Labute approximate surface area is 176 Å². The Kier molecular flexibility index (Phi) is 14.5. The normalized spacial score (nSPS) is 27.2. The highest BCUT2D eigenvalue weighted by atomic mass is 16.7. The molecule has 172 valence electrons. The number of unbranched alkanes of at least 4 members (excludes halogenated alkanes) is 4. The van der Waals surface area contributed by atoms with Crippen LogP contribution in [0.2, 0.25) is 0 Å². The maximum Gasteiger partial charge on any atom is 0.335 e. The molecular formula is C22H42O7. The van der Waals surface area contributed by atoms with Crippen molar-refractivity contribution < 1.29 is 33.6 Å². The third kappa shape index (κ3) is 9.30. The van der Waals surface area contributed by atoms with Gasteiger partial charge in [0.15, 0.2) is 12.4 Å². The largest absolute Gasteiger partial charge is 0.479 e. The average Bonchev–Trinajstić information content (AvgIpc) is 2.70. The highest BCUT2D eigenvalue weighted by Crippen LogP contribution is 2.30. The summed E-state index contributed by atoms with van der Waals surface area (Å²) in [5.41, 5.74) is 0. The SMILES string of the molecule is CCCCOC1C(OCCCC)[C@H](OCCCC)C(C(=O)O)O[C@H]1OCCCC. The number of carboxylic acids is 1. The summed E-state index contributed by atoms with van der Waals surface area (Å²) in [4.78, 5) is 12.0. The Balaban J connectivity index is 3.05. The van der Waals surface area contributed by atoms with Crippen LogP contribution >= 0.6 is 0 Å². The zero-order valence-corrected chi connectivity index (χ0v) is 18.8. The highest BCUT2D eigenvalue weighted by molar-refractivity contribution is 5.73. The number of carboxylic acid groups (broad SMARTS) is 1. The molecule has 7 heteroatoms. The molecular weight excluding hydrogens is 376 g/mol. The maximum atomic E-state index is 12.0. The minimum absolute atomic E-state index is 0.463. The van der Waals surface area contributed by atoms with E-state index < -0.39 is 36.7 Å². The second kappa shape index (κ2) is 16.0. The van der Waals surface area contributed by atoms with Gasteiger partial charge in [-0.25, -0.2) is 4.79 Å². The lowest BCUT2D eigenvalue weighted by Gasteiger charge is -2.44. The summed E-state index contributed by atoms with van der Waals surface area (Å²) in [6.07, 6.45) is 3.75. The molecule has 1 fully saturated rings. The molecule has 0 aromatic rings. The molecule has 1 aliphatic heterocycles. The molecule has 1 N–H and O–H groups in total. The summed E-state index contributed by atoms with van der Waals surface area (Å²) >= 11 is 0. The second-order valence-electron chi connectivity index (χ2n) is 7.55. The lowest BCUT2D eigenvalue weighted by atomic mass is 9.97. The molecule has 1 saturated heterocycles. The number of hydrogen-bond donors (Lipinski definition) is 1. The molecule has 1 heterocycles. The van der Waals surface area contributed by atoms with Crippen molar-refractivity contribution in [1.82, 2.24) is 0 Å². The molecule has 0 saturated carbocycles. The van der Waals surface area contributed by atoms with Gasteiger partial charge in [0.1, 0.15) is 18.3 Å². The van der Waals surface area contributed by atoms with Crippen LogP contribution < -0.4 is 0 Å². The van der Waals surface area contributed by atoms with Crippen LogP contribution in [0.15, 0.2) is 0 Å². The van der Waals surface area contributed by atoms with E-state index in [0.29, 0.717) is 26.4 Å². The van der Waals surface area contributed by atoms with Crippen LogP contribution in [0.3, 0.4) is 0 Å². The number of rotatable bonds is 17. The van der Waals surface area contributed by atoms with Crippen molar-refractivity contribution in [3.8, 4) is 0 Å². The van der Waals surface area contributed by atoms with Crippen molar-refractivity contribution in [3.63, 3.8) is 0 Å². The summed E-state index contributed by atoms with van der Waals surface area (Å²) in [6.45, 7) is 10.4. The zero-order valence-electron chi connectivity index (χ0n) is 18.8. The van der Waals surface area contributed by atoms with Gasteiger partial charge in [0.05, 0.1) is 0 Å². The Morgan fingerprint density at radius 3 is 1.55 bits per heavy atom. The van der Waals surface area contributed by atoms with E-state index in [0.717, 1.165) is 51.4 Å². The van der Waals surface area contributed by atoms with Crippen LogP contribution in [0.4, 0.5) is 0 Å². The van der Waals surface area contributed by atoms with Crippen LogP contribution in [-0.2, 0) is 28.5 Å². The molecule has 1 rings (SSSR count). The van der Waals surface area contributed by atoms with Gasteiger partial charge in [-0.3, -0.25) is 0 Å². The van der Waals surface area contributed by atoms with Crippen LogP contribution in [-0.4, -0.2) is 68.2 Å². The van der Waals surface area contributed by atoms with E-state index in [-0.39, 0.29) is 0 Å². The molecule has 0 aromatic heterocycles. The van der Waals surface area contributed by atoms with Crippen molar-refractivity contribution in [1.29, 1.82) is 0 Å². The van der Waals surface area contributed by atoms with Crippen LogP contribution in [0.5, 0.6) is 0 Å². The van der Waals surface area contributed by atoms with Gasteiger partial charge in [0.25, 0.3) is 0 Å². The second-order valence-corrected chi connectivity index (χ2v) is 7.55. The summed E-state index contributed by atoms with van der Waals surface area (Å²) in [6, 6.07) is 0. The Hall–Kier alpha value is -0.730. The molecule has 0 bridgehead atoms. The molecule has 0 spiro atoms. The van der Waals surface area contributed by atoms with Gasteiger partial charge in [-0.05, 0) is 25.7 Å². The molecule has 5 atom stereocenters. The molecule has 0 aliphatic carbocycles. The maximum absolute atomic E-state index is 12.0. The predicted molar refractivity (Wildman–Crippen MR) is 111 cm³/mol. The van der Waals surface area contributed by atoms with Crippen molar-refractivity contribution in [2.45, 2.75) is 110 Å². The minimum atomic E-state index is -1.14. The fourth-order valence-electron chi connectivity index (χ4n) is 3.13. The summed E-state index contributed by atoms with van der Waals surface area (Å²) < 4.78 is 30.0. The smallest absolute Gasteiger partial charge is 0.335 e. The lowest BCUT2D eigenvalue weighted by Crippen LogP contribution is -2.63. The number of hydrogen-bond acceptors (Lipinski definition) is 6. The van der Waals surface area contributed by atoms with Crippen molar-refractivity contribution >= 4 is 5.97 Å². The number of aliphatic carboxylic acids is 1. The van der Waals surface area contributed by atoms with E-state index >= 15 is 0 Å². The fourth-order valence-corrected chi connectivity index (χ4v) is 3.13. The van der Waals surface area contributed by atoms with Gasteiger partial charge in [-0.15, -0.1) is 0 Å². The first-order valence-corrected chi connectivity index (χ1v) is 11.4. The predicted octanol–water partition coefficient (Wildman–Crippen LogP) is 4.17. The molecule has 0 radical (unpaired) electrons. The zero-order chi connectivity index (χ0) is 21.5. The molecule has 3 unspecified atom stereocenters. The quantitative estimate of drug-likeness (QED) is 0.355. The first-order valence-electron chi connectivity index (χ1n) is 11.4. The third-order valence-electron chi connectivity index (χ3n) is 4.94. The van der Waals surface area contributed by atoms with Crippen molar-refractivity contribution in [2.24, 2.45) is 0 Å². The number of ether oxygens (including phenoxy) is 5. The average molecular weight is 419 g/mol. The summed E-state index contributed by atoms with van der Waals surface area (Å²) in [5, 5.41) is 9.79. The molecule has 0 amide bonds. The van der Waals surface area contributed by atoms with Crippen LogP contribution in [0.1, 0.15) is 79.1 Å². The molecule has 7 nitrogen and oxygen atoms in total. The van der Waals surface area contributed by atoms with E-state index in [9.17, 15) is 9.90 Å². The van der Waals surface area contributed by atoms with Crippen molar-refractivity contribution in [3.05, 3.63) is 0 Å². The topological polar surface area (TPSA) is 83.5 Å². The lowest BCUT2D eigenvalue weighted by molar-refractivity contribution is -0.315. The van der Waals surface area contributed by atoms with Gasteiger partial charge >= 0.3 is 5.97 Å². The highest BCUT2D eigenvalue weighted by Gasteiger charge is 2.51. The van der Waals surface area contributed by atoms with Crippen LogP contribution in [0, 0.1) is 0 Å². The fraction of sp³-hybridized carbons (Fsp3) is 0.955. The van der Waals surface area contributed by atoms with Gasteiger partial charge < -0.3 is 28.8 Å². The van der Waals surface area contributed by atoms with Gasteiger partial charge in [0.2, 0.25) is 0 Å². The molecule has 0 aromatic carbocycles. The van der Waals surface area contributed by atoms with Crippen molar-refractivity contribution in [2.75, 3.05) is 26.4 Å².